The number of rotatable bonds is 2. The van der Waals surface area contributed by atoms with Crippen molar-refractivity contribution in [3.8, 4) is 0 Å². The first-order chi connectivity index (χ1) is 6.11. The second-order valence-electron chi connectivity index (χ2n) is 4.02. The van der Waals surface area contributed by atoms with Crippen molar-refractivity contribution in [2.45, 2.75) is 33.2 Å². The van der Waals surface area contributed by atoms with E-state index in [0.717, 1.165) is 0 Å². The van der Waals surface area contributed by atoms with E-state index in [0.29, 0.717) is 17.8 Å². The van der Waals surface area contributed by atoms with Crippen LogP contribution in [0.25, 0.3) is 0 Å². The molecule has 0 aliphatic carbocycles. The van der Waals surface area contributed by atoms with Gasteiger partial charge in [0.1, 0.15) is 0 Å². The zero-order valence-corrected chi connectivity index (χ0v) is 8.99. The average Bonchev–Trinajstić information content (AvgIpc) is 2.15. The second-order valence-corrected chi connectivity index (χ2v) is 4.02. The van der Waals surface area contributed by atoms with Crippen molar-refractivity contribution >= 4 is 0 Å². The van der Waals surface area contributed by atoms with E-state index in [1.807, 2.05) is 6.08 Å². The maximum Gasteiger partial charge on any atom is 0.160 e. The molecule has 2 nitrogen and oxygen atoms in total. The quantitative estimate of drug-likeness (QED) is 0.614. The molecule has 2 heteroatoms. The molecule has 2 unspecified atom stereocenters. The summed E-state index contributed by atoms with van der Waals surface area (Å²) in [6.07, 6.45) is 1.93. The molecule has 0 saturated carbocycles. The van der Waals surface area contributed by atoms with Gasteiger partial charge in [-0.25, -0.2) is 0 Å². The van der Waals surface area contributed by atoms with Crippen LogP contribution in [0, 0.1) is 17.8 Å². The Morgan fingerprint density at radius 3 is 2.23 bits per heavy atom. The fraction of sp³-hybridized carbons (Fsp3) is 0.818. The standard InChI is InChI=1S/C11H20O2/c1-6-10-8(3)7(2)9(4)11(12-5)13-10/h6-11H,1H2,2-5H3/t7?,8-,9-,10?,11-/m1/s1. The normalized spacial score (nSPS) is 46.0. The summed E-state index contributed by atoms with van der Waals surface area (Å²) in [6.45, 7) is 10.4. The zero-order chi connectivity index (χ0) is 10.0. The molecule has 5 atom stereocenters. The number of methoxy groups -OCH3 is 1. The van der Waals surface area contributed by atoms with Crippen LogP contribution in [-0.2, 0) is 9.47 Å². The fourth-order valence-electron chi connectivity index (χ4n) is 1.97. The van der Waals surface area contributed by atoms with Crippen molar-refractivity contribution in [1.29, 1.82) is 0 Å². The van der Waals surface area contributed by atoms with Crippen molar-refractivity contribution in [2.24, 2.45) is 17.8 Å². The van der Waals surface area contributed by atoms with Crippen LogP contribution in [0.5, 0.6) is 0 Å². The van der Waals surface area contributed by atoms with Crippen LogP contribution >= 0.6 is 0 Å². The topological polar surface area (TPSA) is 18.5 Å². The van der Waals surface area contributed by atoms with Gasteiger partial charge in [0.05, 0.1) is 6.10 Å². The molecule has 0 radical (unpaired) electrons. The van der Waals surface area contributed by atoms with Gasteiger partial charge in [-0.05, 0) is 11.8 Å². The summed E-state index contributed by atoms with van der Waals surface area (Å²) in [4.78, 5) is 0. The Morgan fingerprint density at radius 2 is 1.77 bits per heavy atom. The Labute approximate surface area is 80.9 Å². The number of hydrogen-bond acceptors (Lipinski definition) is 2. The van der Waals surface area contributed by atoms with E-state index in [1.165, 1.54) is 0 Å². The highest BCUT2D eigenvalue weighted by molar-refractivity contribution is 4.92. The molecule has 0 bridgehead atoms. The van der Waals surface area contributed by atoms with E-state index in [1.54, 1.807) is 7.11 Å². The molecule has 1 fully saturated rings. The van der Waals surface area contributed by atoms with E-state index in [-0.39, 0.29) is 12.4 Å². The summed E-state index contributed by atoms with van der Waals surface area (Å²) in [7, 11) is 1.70. The molecule has 1 heterocycles. The van der Waals surface area contributed by atoms with Crippen LogP contribution in [0.1, 0.15) is 20.8 Å². The van der Waals surface area contributed by atoms with Gasteiger partial charge in [0, 0.05) is 13.0 Å². The van der Waals surface area contributed by atoms with Crippen LogP contribution in [0.3, 0.4) is 0 Å². The van der Waals surface area contributed by atoms with Gasteiger partial charge in [0.25, 0.3) is 0 Å². The Bertz CT molecular complexity index is 177. The molecule has 0 spiro atoms. The molecule has 1 aliphatic rings. The summed E-state index contributed by atoms with van der Waals surface area (Å²) in [5.74, 6) is 1.59. The monoisotopic (exact) mass is 184 g/mol. The average molecular weight is 184 g/mol. The maximum atomic E-state index is 5.74. The van der Waals surface area contributed by atoms with Crippen LogP contribution in [0.15, 0.2) is 12.7 Å². The van der Waals surface area contributed by atoms with Gasteiger partial charge in [-0.3, -0.25) is 0 Å². The first-order valence-electron chi connectivity index (χ1n) is 4.92. The summed E-state index contributed by atoms with van der Waals surface area (Å²) in [6, 6.07) is 0. The van der Waals surface area contributed by atoms with E-state index in [4.69, 9.17) is 9.47 Å². The molecule has 0 aromatic carbocycles. The fourth-order valence-corrected chi connectivity index (χ4v) is 1.97. The Morgan fingerprint density at radius 1 is 1.15 bits per heavy atom. The third-order valence-electron chi connectivity index (χ3n) is 3.36. The predicted molar refractivity (Wildman–Crippen MR) is 53.4 cm³/mol. The van der Waals surface area contributed by atoms with Gasteiger partial charge in [0.2, 0.25) is 0 Å². The first kappa shape index (κ1) is 10.7. The molecule has 0 amide bonds. The van der Waals surface area contributed by atoms with Gasteiger partial charge < -0.3 is 9.47 Å². The van der Waals surface area contributed by atoms with Gasteiger partial charge in [-0.1, -0.05) is 26.8 Å². The van der Waals surface area contributed by atoms with Gasteiger partial charge in [-0.15, -0.1) is 6.58 Å². The third kappa shape index (κ3) is 1.94. The van der Waals surface area contributed by atoms with Crippen LogP contribution in [-0.4, -0.2) is 19.5 Å². The van der Waals surface area contributed by atoms with Crippen molar-refractivity contribution < 1.29 is 9.47 Å². The number of ether oxygens (including phenoxy) is 2. The molecule has 0 N–H and O–H groups in total. The summed E-state index contributed by atoms with van der Waals surface area (Å²) in [5.41, 5.74) is 0. The largest absolute Gasteiger partial charge is 0.356 e. The van der Waals surface area contributed by atoms with Gasteiger partial charge in [0.15, 0.2) is 6.29 Å². The first-order valence-corrected chi connectivity index (χ1v) is 4.92. The molecule has 76 valence electrons. The highest BCUT2D eigenvalue weighted by Gasteiger charge is 2.37. The molecule has 13 heavy (non-hydrogen) atoms. The minimum absolute atomic E-state index is 0.0748. The summed E-state index contributed by atoms with van der Waals surface area (Å²) in [5, 5.41) is 0. The lowest BCUT2D eigenvalue weighted by atomic mass is 9.79. The lowest BCUT2D eigenvalue weighted by Crippen LogP contribution is -2.44. The van der Waals surface area contributed by atoms with Crippen molar-refractivity contribution in [3.63, 3.8) is 0 Å². The molecular formula is C11H20O2. The van der Waals surface area contributed by atoms with Crippen LogP contribution in [0.2, 0.25) is 0 Å². The lowest BCUT2D eigenvalue weighted by Gasteiger charge is -2.41. The Kier molecular flexibility index (Phi) is 3.51. The summed E-state index contributed by atoms with van der Waals surface area (Å²) >= 11 is 0. The molecule has 1 saturated heterocycles. The Hall–Kier alpha value is -0.340. The minimum Gasteiger partial charge on any atom is -0.356 e. The van der Waals surface area contributed by atoms with Gasteiger partial charge >= 0.3 is 0 Å². The third-order valence-corrected chi connectivity index (χ3v) is 3.36. The van der Waals surface area contributed by atoms with E-state index in [9.17, 15) is 0 Å². The zero-order valence-electron chi connectivity index (χ0n) is 8.99. The minimum atomic E-state index is -0.0748. The van der Waals surface area contributed by atoms with E-state index < -0.39 is 0 Å². The van der Waals surface area contributed by atoms with Crippen LogP contribution in [0.4, 0.5) is 0 Å². The smallest absolute Gasteiger partial charge is 0.160 e. The highest BCUT2D eigenvalue weighted by atomic mass is 16.7. The highest BCUT2D eigenvalue weighted by Crippen LogP contribution is 2.35. The molecule has 1 rings (SSSR count). The van der Waals surface area contributed by atoms with Crippen LogP contribution < -0.4 is 0 Å². The maximum absolute atomic E-state index is 5.74. The van der Waals surface area contributed by atoms with Crippen molar-refractivity contribution in [3.05, 3.63) is 12.7 Å². The molecule has 0 aromatic heterocycles. The second kappa shape index (κ2) is 4.25. The SMILES string of the molecule is C=CC1O[C@@H](OC)[C@H](C)C(C)[C@H]1C. The number of hydrogen-bond donors (Lipinski definition) is 0. The van der Waals surface area contributed by atoms with E-state index >= 15 is 0 Å². The Balaban J connectivity index is 2.71. The summed E-state index contributed by atoms with van der Waals surface area (Å²) < 4.78 is 11.0. The van der Waals surface area contributed by atoms with E-state index in [2.05, 4.69) is 27.4 Å². The van der Waals surface area contributed by atoms with Gasteiger partial charge in [-0.2, -0.15) is 0 Å². The molecule has 1 aliphatic heterocycles. The van der Waals surface area contributed by atoms with Crippen molar-refractivity contribution in [2.75, 3.05) is 7.11 Å². The predicted octanol–water partition coefficient (Wildman–Crippen LogP) is 2.45. The lowest BCUT2D eigenvalue weighted by molar-refractivity contribution is -0.224. The molecule has 0 aromatic rings. The molecular weight excluding hydrogens is 164 g/mol. The van der Waals surface area contributed by atoms with Crippen molar-refractivity contribution in [1.82, 2.24) is 0 Å².